The van der Waals surface area contributed by atoms with E-state index in [0.29, 0.717) is 34.4 Å². The maximum absolute atomic E-state index is 14.4. The molecule has 0 atom stereocenters. The molecule has 0 aliphatic rings. The lowest BCUT2D eigenvalue weighted by molar-refractivity contribution is -0.141. The van der Waals surface area contributed by atoms with E-state index in [9.17, 15) is 34.8 Å². The number of halogens is 6. The summed E-state index contributed by atoms with van der Waals surface area (Å²) in [7, 11) is -3.54. The quantitative estimate of drug-likeness (QED) is 0.548. The summed E-state index contributed by atoms with van der Waals surface area (Å²) in [4.78, 5) is 2.44. The third-order valence-electron chi connectivity index (χ3n) is 4.13. The second kappa shape index (κ2) is 7.35. The van der Waals surface area contributed by atoms with Gasteiger partial charge in [0, 0.05) is 30.1 Å². The molecule has 5 nitrogen and oxygen atoms in total. The lowest BCUT2D eigenvalue weighted by Gasteiger charge is -2.15. The molecule has 0 bridgehead atoms. The van der Waals surface area contributed by atoms with Crippen LogP contribution >= 0.6 is 0 Å². The van der Waals surface area contributed by atoms with Gasteiger partial charge in [0.25, 0.3) is 10.0 Å². The Hall–Kier alpha value is -3.02. The van der Waals surface area contributed by atoms with Crippen LogP contribution in [0.15, 0.2) is 41.4 Å². The number of hydrogen-bond donors (Lipinski definition) is 0. The van der Waals surface area contributed by atoms with Crippen molar-refractivity contribution in [3.05, 3.63) is 65.4 Å². The summed E-state index contributed by atoms with van der Waals surface area (Å²) in [5, 5.41) is 0. The van der Waals surface area contributed by atoms with E-state index >= 15 is 0 Å². The summed E-state index contributed by atoms with van der Waals surface area (Å²) in [6.45, 7) is 1.28. The molecule has 160 valence electrons. The van der Waals surface area contributed by atoms with Gasteiger partial charge in [-0.2, -0.15) is 13.2 Å². The third kappa shape index (κ3) is 3.62. The van der Waals surface area contributed by atoms with Crippen molar-refractivity contribution in [2.24, 2.45) is 0 Å². The fraction of sp³-hybridized carbons (Fsp3) is 0.167. The number of alkyl halides is 3. The standard InChI is InChI=1S/C18H12F6N2O3S/c1-9-5-14(29-2)17(16-12(20)6-10(19)7-13(16)21)26(9)30(27,28)11-3-4-15(25-8-11)18(22,23)24/h3-8H,1-2H3. The molecule has 0 aliphatic heterocycles. The Balaban J connectivity index is 2.28. The van der Waals surface area contributed by atoms with Crippen molar-refractivity contribution in [3.63, 3.8) is 0 Å². The van der Waals surface area contributed by atoms with Crippen LogP contribution in [0.3, 0.4) is 0 Å². The van der Waals surface area contributed by atoms with Crippen molar-refractivity contribution in [2.45, 2.75) is 18.0 Å². The van der Waals surface area contributed by atoms with Crippen LogP contribution in [0.2, 0.25) is 0 Å². The van der Waals surface area contributed by atoms with Gasteiger partial charge in [0.05, 0.1) is 12.7 Å². The van der Waals surface area contributed by atoms with Crippen LogP contribution in [0.25, 0.3) is 11.3 Å². The molecule has 1 aromatic carbocycles. The van der Waals surface area contributed by atoms with Gasteiger partial charge in [-0.1, -0.05) is 0 Å². The molecule has 0 spiro atoms. The monoisotopic (exact) mass is 450 g/mol. The largest absolute Gasteiger partial charge is 0.494 e. The van der Waals surface area contributed by atoms with Gasteiger partial charge in [0.15, 0.2) is 0 Å². The van der Waals surface area contributed by atoms with Crippen LogP contribution in [0.1, 0.15) is 11.4 Å². The first-order chi connectivity index (χ1) is 13.9. The number of nitrogens with zero attached hydrogens (tertiary/aromatic N) is 2. The minimum absolute atomic E-state index is 0.0649. The Labute approximate surface area is 166 Å². The zero-order valence-electron chi connectivity index (χ0n) is 15.3. The van der Waals surface area contributed by atoms with Crippen LogP contribution in [0, 0.1) is 24.4 Å². The summed E-state index contributed by atoms with van der Waals surface area (Å²) in [6, 6.07) is 3.00. The molecule has 3 rings (SSSR count). The van der Waals surface area contributed by atoms with Crippen molar-refractivity contribution >= 4 is 10.0 Å². The van der Waals surface area contributed by atoms with Crippen molar-refractivity contribution in [2.75, 3.05) is 7.11 Å². The Morgan fingerprint density at radius 1 is 1.03 bits per heavy atom. The number of aromatic nitrogens is 2. The number of methoxy groups -OCH3 is 1. The van der Waals surface area contributed by atoms with E-state index in [0.717, 1.165) is 13.2 Å². The van der Waals surface area contributed by atoms with Crippen molar-refractivity contribution in [1.29, 1.82) is 0 Å². The summed E-state index contributed by atoms with van der Waals surface area (Å²) in [6.07, 6.45) is -4.31. The molecule has 12 heteroatoms. The molecule has 0 saturated carbocycles. The SMILES string of the molecule is COc1cc(C)n(S(=O)(=O)c2ccc(C(F)(F)F)nc2)c1-c1c(F)cc(F)cc1F. The minimum Gasteiger partial charge on any atom is -0.494 e. The maximum atomic E-state index is 14.4. The predicted octanol–water partition coefficient (Wildman–Crippen LogP) is 4.54. The molecule has 3 aromatic rings. The molecule has 0 fully saturated rings. The molecule has 0 unspecified atom stereocenters. The lowest BCUT2D eigenvalue weighted by atomic mass is 10.1. The van der Waals surface area contributed by atoms with Gasteiger partial charge in [0.1, 0.15) is 39.5 Å². The first kappa shape index (κ1) is 21.7. The van der Waals surface area contributed by atoms with E-state index in [1.807, 2.05) is 0 Å². The molecular formula is C18H12F6N2O3S. The number of aryl methyl sites for hydroxylation is 1. The van der Waals surface area contributed by atoms with Crippen LogP contribution in [-0.2, 0) is 16.2 Å². The summed E-state index contributed by atoms with van der Waals surface area (Å²) < 4.78 is 112. The molecule has 0 aliphatic carbocycles. The van der Waals surface area contributed by atoms with Gasteiger partial charge in [-0.15, -0.1) is 0 Å². The van der Waals surface area contributed by atoms with Gasteiger partial charge in [0.2, 0.25) is 0 Å². The fourth-order valence-corrected chi connectivity index (χ4v) is 4.35. The van der Waals surface area contributed by atoms with E-state index < -0.39 is 55.5 Å². The second-order valence-corrected chi connectivity index (χ2v) is 7.88. The smallest absolute Gasteiger partial charge is 0.433 e. The number of ether oxygens (including phenoxy) is 1. The average molecular weight is 450 g/mol. The molecule has 2 aromatic heterocycles. The van der Waals surface area contributed by atoms with Crippen LogP contribution in [0.5, 0.6) is 5.75 Å². The number of benzene rings is 1. The number of pyridine rings is 1. The Morgan fingerprint density at radius 3 is 2.10 bits per heavy atom. The van der Waals surface area contributed by atoms with Gasteiger partial charge < -0.3 is 4.74 Å². The minimum atomic E-state index is -4.79. The third-order valence-corrected chi connectivity index (χ3v) is 5.91. The Morgan fingerprint density at radius 2 is 1.63 bits per heavy atom. The molecular weight excluding hydrogens is 438 g/mol. The molecule has 0 radical (unpaired) electrons. The number of rotatable bonds is 4. The maximum Gasteiger partial charge on any atom is 0.433 e. The molecule has 0 saturated heterocycles. The molecule has 30 heavy (non-hydrogen) atoms. The molecule has 2 heterocycles. The zero-order chi connectivity index (χ0) is 22.4. The van der Waals surface area contributed by atoms with Crippen molar-refractivity contribution in [3.8, 4) is 17.0 Å². The Kier molecular flexibility index (Phi) is 5.31. The first-order valence-corrected chi connectivity index (χ1v) is 9.52. The van der Waals surface area contributed by atoms with Gasteiger partial charge in [-0.05, 0) is 19.1 Å². The summed E-state index contributed by atoms with van der Waals surface area (Å²) in [5.41, 5.74) is -2.86. The second-order valence-electron chi connectivity index (χ2n) is 6.09. The molecule has 0 amide bonds. The van der Waals surface area contributed by atoms with Crippen LogP contribution in [0.4, 0.5) is 26.3 Å². The zero-order valence-corrected chi connectivity index (χ0v) is 16.1. The Bertz CT molecular complexity index is 1190. The van der Waals surface area contributed by atoms with Gasteiger partial charge in [-0.25, -0.2) is 25.6 Å². The first-order valence-electron chi connectivity index (χ1n) is 8.08. The normalized spacial score (nSPS) is 12.3. The van der Waals surface area contributed by atoms with E-state index in [-0.39, 0.29) is 11.4 Å². The van der Waals surface area contributed by atoms with E-state index in [4.69, 9.17) is 4.74 Å². The van der Waals surface area contributed by atoms with Crippen LogP contribution in [-0.4, -0.2) is 24.5 Å². The lowest BCUT2D eigenvalue weighted by Crippen LogP contribution is -2.17. The van der Waals surface area contributed by atoms with E-state index in [1.165, 1.54) is 6.92 Å². The van der Waals surface area contributed by atoms with E-state index in [2.05, 4.69) is 4.98 Å². The highest BCUT2D eigenvalue weighted by Crippen LogP contribution is 2.39. The highest BCUT2D eigenvalue weighted by atomic mass is 32.2. The molecule has 0 N–H and O–H groups in total. The number of hydrogen-bond acceptors (Lipinski definition) is 4. The highest BCUT2D eigenvalue weighted by molar-refractivity contribution is 7.90. The summed E-state index contributed by atoms with van der Waals surface area (Å²) >= 11 is 0. The fourth-order valence-electron chi connectivity index (χ4n) is 2.86. The topological polar surface area (TPSA) is 61.2 Å². The van der Waals surface area contributed by atoms with Crippen molar-refractivity contribution in [1.82, 2.24) is 8.96 Å². The van der Waals surface area contributed by atoms with E-state index in [1.54, 1.807) is 0 Å². The average Bonchev–Trinajstić information content (AvgIpc) is 2.97. The van der Waals surface area contributed by atoms with Crippen LogP contribution < -0.4 is 4.74 Å². The highest BCUT2D eigenvalue weighted by Gasteiger charge is 2.34. The van der Waals surface area contributed by atoms with Gasteiger partial charge in [-0.3, -0.25) is 4.98 Å². The van der Waals surface area contributed by atoms with Crippen molar-refractivity contribution < 1.29 is 39.5 Å². The van der Waals surface area contributed by atoms with Gasteiger partial charge >= 0.3 is 6.18 Å². The predicted molar refractivity (Wildman–Crippen MR) is 92.9 cm³/mol. The summed E-state index contributed by atoms with van der Waals surface area (Å²) in [5.74, 6) is -4.27.